The van der Waals surface area contributed by atoms with E-state index < -0.39 is 0 Å². The molecule has 0 saturated heterocycles. The highest BCUT2D eigenvalue weighted by molar-refractivity contribution is 6.36. The van der Waals surface area contributed by atoms with Gasteiger partial charge in [-0.15, -0.1) is 0 Å². The van der Waals surface area contributed by atoms with Crippen LogP contribution in [0.15, 0.2) is 48.5 Å². The van der Waals surface area contributed by atoms with Crippen LogP contribution in [0.3, 0.4) is 0 Å². The summed E-state index contributed by atoms with van der Waals surface area (Å²) in [7, 11) is 0. The summed E-state index contributed by atoms with van der Waals surface area (Å²) in [5, 5.41) is 2.24. The molecule has 0 heterocycles. The summed E-state index contributed by atoms with van der Waals surface area (Å²) in [5.41, 5.74) is 0. The van der Waals surface area contributed by atoms with E-state index in [0.29, 0.717) is 43.1 Å². The van der Waals surface area contributed by atoms with E-state index in [9.17, 15) is 0 Å². The number of rotatable bonds is 4. The number of halogens is 6. The molecular formula is C18H8Cl6O2. The second kappa shape index (κ2) is 8.35. The van der Waals surface area contributed by atoms with E-state index in [0.717, 1.165) is 0 Å². The van der Waals surface area contributed by atoms with Crippen molar-refractivity contribution < 1.29 is 9.47 Å². The van der Waals surface area contributed by atoms with E-state index in [1.807, 2.05) is 0 Å². The minimum atomic E-state index is 0.269. The van der Waals surface area contributed by atoms with Gasteiger partial charge in [0.15, 0.2) is 0 Å². The van der Waals surface area contributed by atoms with Gasteiger partial charge in [-0.3, -0.25) is 0 Å². The molecule has 0 amide bonds. The largest absolute Gasteiger partial charge is 0.454 e. The second-order valence-corrected chi connectivity index (χ2v) is 7.57. The molecule has 0 aromatic heterocycles. The molecule has 0 atom stereocenters. The molecule has 2 nitrogen and oxygen atoms in total. The normalized spacial score (nSPS) is 10.7. The molecule has 3 aromatic rings. The summed E-state index contributed by atoms with van der Waals surface area (Å²) < 4.78 is 11.4. The van der Waals surface area contributed by atoms with Crippen molar-refractivity contribution in [2.75, 3.05) is 0 Å². The Morgan fingerprint density at radius 2 is 0.885 bits per heavy atom. The number of ether oxygens (including phenoxy) is 2. The van der Waals surface area contributed by atoms with Gasteiger partial charge in [-0.25, -0.2) is 0 Å². The first-order chi connectivity index (χ1) is 12.3. The second-order valence-electron chi connectivity index (χ2n) is 5.07. The van der Waals surface area contributed by atoms with Crippen molar-refractivity contribution in [1.29, 1.82) is 0 Å². The Labute approximate surface area is 180 Å². The van der Waals surface area contributed by atoms with Crippen LogP contribution in [0.2, 0.25) is 30.1 Å². The van der Waals surface area contributed by atoms with Crippen LogP contribution >= 0.6 is 69.6 Å². The Bertz CT molecular complexity index is 974. The average Bonchev–Trinajstić information content (AvgIpc) is 2.57. The maximum atomic E-state index is 6.28. The first-order valence-corrected chi connectivity index (χ1v) is 9.35. The molecule has 134 valence electrons. The van der Waals surface area contributed by atoms with Crippen LogP contribution in [-0.2, 0) is 0 Å². The van der Waals surface area contributed by atoms with Crippen LogP contribution < -0.4 is 9.47 Å². The molecular weight excluding hydrogens is 461 g/mol. The summed E-state index contributed by atoms with van der Waals surface area (Å²) >= 11 is 36.6. The van der Waals surface area contributed by atoms with Gasteiger partial charge < -0.3 is 9.47 Å². The van der Waals surface area contributed by atoms with E-state index >= 15 is 0 Å². The van der Waals surface area contributed by atoms with Crippen LogP contribution in [0.25, 0.3) is 0 Å². The molecule has 0 fully saturated rings. The lowest BCUT2D eigenvalue weighted by Gasteiger charge is -2.13. The van der Waals surface area contributed by atoms with Gasteiger partial charge in [0.25, 0.3) is 0 Å². The van der Waals surface area contributed by atoms with Crippen molar-refractivity contribution in [3.05, 3.63) is 78.7 Å². The Morgan fingerprint density at radius 1 is 0.423 bits per heavy atom. The SMILES string of the molecule is Clc1ccc(Oc2cc(Cl)c(Oc3cc(Cl)ccc3Cl)cc2Cl)c(Cl)c1. The zero-order valence-corrected chi connectivity index (χ0v) is 17.2. The summed E-state index contributed by atoms with van der Waals surface area (Å²) in [6.07, 6.45) is 0. The summed E-state index contributed by atoms with van der Waals surface area (Å²) in [5.74, 6) is 1.35. The van der Waals surface area contributed by atoms with Crippen molar-refractivity contribution in [2.24, 2.45) is 0 Å². The molecule has 8 heteroatoms. The van der Waals surface area contributed by atoms with Crippen LogP contribution in [-0.4, -0.2) is 0 Å². The average molecular weight is 469 g/mol. The third kappa shape index (κ3) is 4.64. The Hall–Kier alpha value is -1.000. The fraction of sp³-hybridized carbons (Fsp3) is 0. The monoisotopic (exact) mass is 466 g/mol. The lowest BCUT2D eigenvalue weighted by molar-refractivity contribution is 0.470. The maximum Gasteiger partial charge on any atom is 0.147 e. The number of hydrogen-bond acceptors (Lipinski definition) is 2. The highest BCUT2D eigenvalue weighted by atomic mass is 35.5. The number of benzene rings is 3. The Balaban J connectivity index is 1.89. The molecule has 0 aliphatic rings. The molecule has 0 radical (unpaired) electrons. The van der Waals surface area contributed by atoms with Gasteiger partial charge in [0.2, 0.25) is 0 Å². The van der Waals surface area contributed by atoms with Crippen LogP contribution in [0.5, 0.6) is 23.0 Å². The predicted octanol–water partition coefficient (Wildman–Crippen LogP) is 9.19. The minimum Gasteiger partial charge on any atom is -0.454 e. The Kier molecular flexibility index (Phi) is 6.34. The number of hydrogen-bond donors (Lipinski definition) is 0. The molecule has 0 aliphatic carbocycles. The molecule has 0 saturated carbocycles. The Morgan fingerprint density at radius 3 is 1.50 bits per heavy atom. The lowest BCUT2D eigenvalue weighted by Crippen LogP contribution is -1.91. The highest BCUT2D eigenvalue weighted by Crippen LogP contribution is 2.42. The van der Waals surface area contributed by atoms with Crippen molar-refractivity contribution >= 4 is 69.6 Å². The fourth-order valence-electron chi connectivity index (χ4n) is 2.02. The first kappa shape index (κ1) is 19.8. The minimum absolute atomic E-state index is 0.269. The zero-order valence-electron chi connectivity index (χ0n) is 12.7. The summed E-state index contributed by atoms with van der Waals surface area (Å²) in [6.45, 7) is 0. The highest BCUT2D eigenvalue weighted by Gasteiger charge is 2.14. The predicted molar refractivity (Wildman–Crippen MR) is 110 cm³/mol. The van der Waals surface area contributed by atoms with Crippen LogP contribution in [0.4, 0.5) is 0 Å². The lowest BCUT2D eigenvalue weighted by atomic mass is 10.3. The quantitative estimate of drug-likeness (QED) is 0.380. The third-order valence-corrected chi connectivity index (χ3v) is 4.88. The zero-order chi connectivity index (χ0) is 18.8. The molecule has 3 aromatic carbocycles. The van der Waals surface area contributed by atoms with E-state index in [1.54, 1.807) is 36.4 Å². The van der Waals surface area contributed by atoms with Crippen molar-refractivity contribution in [3.63, 3.8) is 0 Å². The van der Waals surface area contributed by atoms with E-state index in [2.05, 4.69) is 0 Å². The van der Waals surface area contributed by atoms with E-state index in [-0.39, 0.29) is 10.0 Å². The van der Waals surface area contributed by atoms with Gasteiger partial charge in [0.1, 0.15) is 23.0 Å². The van der Waals surface area contributed by atoms with Gasteiger partial charge in [-0.2, -0.15) is 0 Å². The van der Waals surface area contributed by atoms with Crippen LogP contribution in [0, 0.1) is 0 Å². The smallest absolute Gasteiger partial charge is 0.147 e. The van der Waals surface area contributed by atoms with Crippen LogP contribution in [0.1, 0.15) is 0 Å². The molecule has 0 aliphatic heterocycles. The first-order valence-electron chi connectivity index (χ1n) is 7.08. The fourth-order valence-corrected chi connectivity index (χ4v) is 3.17. The van der Waals surface area contributed by atoms with Crippen molar-refractivity contribution in [2.45, 2.75) is 0 Å². The van der Waals surface area contributed by atoms with Gasteiger partial charge >= 0.3 is 0 Å². The summed E-state index contributed by atoms with van der Waals surface area (Å²) in [6, 6.07) is 12.7. The summed E-state index contributed by atoms with van der Waals surface area (Å²) in [4.78, 5) is 0. The van der Waals surface area contributed by atoms with Gasteiger partial charge in [-0.1, -0.05) is 69.6 Å². The van der Waals surface area contributed by atoms with E-state index in [4.69, 9.17) is 79.1 Å². The molecule has 3 rings (SSSR count). The van der Waals surface area contributed by atoms with E-state index in [1.165, 1.54) is 12.1 Å². The van der Waals surface area contributed by atoms with Gasteiger partial charge in [-0.05, 0) is 30.3 Å². The van der Waals surface area contributed by atoms with Gasteiger partial charge in [0.05, 0.1) is 20.1 Å². The van der Waals surface area contributed by atoms with Crippen molar-refractivity contribution in [3.8, 4) is 23.0 Å². The van der Waals surface area contributed by atoms with Crippen molar-refractivity contribution in [1.82, 2.24) is 0 Å². The molecule has 0 unspecified atom stereocenters. The maximum absolute atomic E-state index is 6.28. The standard InChI is InChI=1S/C18H8Cl6O2/c19-9-2-4-15(12(22)5-9)25-17-7-14(24)18(8-13(17)23)26-16-6-10(20)1-3-11(16)21/h1-8H. The molecule has 0 N–H and O–H groups in total. The molecule has 0 bridgehead atoms. The topological polar surface area (TPSA) is 18.5 Å². The molecule has 26 heavy (non-hydrogen) atoms. The molecule has 0 spiro atoms. The third-order valence-electron chi connectivity index (χ3n) is 3.21. The van der Waals surface area contributed by atoms with Gasteiger partial charge in [0, 0.05) is 28.2 Å².